The van der Waals surface area contributed by atoms with Gasteiger partial charge in [0.1, 0.15) is 21.4 Å². The minimum Gasteiger partial charge on any atom is -0.389 e. The number of hydrogen-bond donors (Lipinski definition) is 1. The van der Waals surface area contributed by atoms with E-state index in [2.05, 4.69) is 16.3 Å². The highest BCUT2D eigenvalue weighted by atomic mass is 35.5. The van der Waals surface area contributed by atoms with Gasteiger partial charge in [0.25, 0.3) is 0 Å². The van der Waals surface area contributed by atoms with Gasteiger partial charge in [-0.15, -0.1) is 0 Å². The highest BCUT2D eigenvalue weighted by Gasteiger charge is 2.40. The number of halogens is 4. The van der Waals surface area contributed by atoms with Crippen molar-refractivity contribution in [2.24, 2.45) is 11.7 Å². The second kappa shape index (κ2) is 8.44. The van der Waals surface area contributed by atoms with E-state index in [9.17, 15) is 18.4 Å². The fourth-order valence-electron chi connectivity index (χ4n) is 3.67. The Morgan fingerprint density at radius 1 is 1.19 bits per heavy atom. The molecule has 1 atom stereocenters. The number of nitrogens with two attached hydrogens (primary N) is 1. The van der Waals surface area contributed by atoms with Gasteiger partial charge in [-0.05, 0) is 48.2 Å². The molecule has 162 valence electrons. The van der Waals surface area contributed by atoms with Crippen LogP contribution in [0.4, 0.5) is 13.2 Å². The number of nitriles is 1. The zero-order valence-electron chi connectivity index (χ0n) is 16.7. The van der Waals surface area contributed by atoms with Crippen LogP contribution in [-0.4, -0.2) is 20.0 Å². The number of nitrogens with zero attached hydrogens (tertiary/aromatic N) is 4. The Morgan fingerprint density at radius 2 is 1.87 bits per heavy atom. The molecule has 0 aliphatic rings. The number of thiocarbonyl (C=S) groups is 1. The largest absolute Gasteiger partial charge is 0.416 e. The molecule has 1 unspecified atom stereocenters. The highest BCUT2D eigenvalue weighted by molar-refractivity contribution is 7.80. The molecule has 31 heavy (non-hydrogen) atoms. The van der Waals surface area contributed by atoms with E-state index in [4.69, 9.17) is 29.6 Å². The van der Waals surface area contributed by atoms with Crippen LogP contribution in [0.1, 0.15) is 37.0 Å². The summed E-state index contributed by atoms with van der Waals surface area (Å²) >= 11 is 11.1. The van der Waals surface area contributed by atoms with Crippen molar-refractivity contribution in [3.8, 4) is 6.07 Å². The summed E-state index contributed by atoms with van der Waals surface area (Å²) in [7, 11) is 0. The second-order valence-electron chi connectivity index (χ2n) is 7.78. The van der Waals surface area contributed by atoms with E-state index in [0.29, 0.717) is 16.1 Å². The first kappa shape index (κ1) is 23.0. The summed E-state index contributed by atoms with van der Waals surface area (Å²) in [6, 6.07) is 10.3. The van der Waals surface area contributed by atoms with Gasteiger partial charge in [0.05, 0.1) is 18.2 Å². The third-order valence-electron chi connectivity index (χ3n) is 4.89. The molecule has 0 saturated heterocycles. The summed E-state index contributed by atoms with van der Waals surface area (Å²) in [5.41, 5.74) is 4.96. The maximum absolute atomic E-state index is 13.5. The van der Waals surface area contributed by atoms with Crippen molar-refractivity contribution in [2.75, 3.05) is 0 Å². The van der Waals surface area contributed by atoms with Gasteiger partial charge in [0.15, 0.2) is 0 Å². The van der Waals surface area contributed by atoms with Crippen LogP contribution in [0.15, 0.2) is 36.4 Å². The van der Waals surface area contributed by atoms with Gasteiger partial charge >= 0.3 is 6.18 Å². The molecule has 0 aliphatic carbocycles. The maximum atomic E-state index is 13.5. The van der Waals surface area contributed by atoms with E-state index in [1.807, 2.05) is 13.8 Å². The zero-order chi connectivity index (χ0) is 23.0. The molecule has 0 bridgehead atoms. The third kappa shape index (κ3) is 4.81. The van der Waals surface area contributed by atoms with Crippen molar-refractivity contribution in [3.63, 3.8) is 0 Å². The van der Waals surface area contributed by atoms with Crippen molar-refractivity contribution < 1.29 is 13.2 Å². The van der Waals surface area contributed by atoms with Crippen molar-refractivity contribution in [1.29, 1.82) is 5.26 Å². The first-order valence-corrected chi connectivity index (χ1v) is 10.2. The first-order valence-electron chi connectivity index (χ1n) is 9.38. The minimum absolute atomic E-state index is 0.0205. The highest BCUT2D eigenvalue weighted by Crippen LogP contribution is 2.39. The Bertz CT molecular complexity index is 1180. The molecule has 0 radical (unpaired) electrons. The molecule has 0 saturated carbocycles. The number of benzene rings is 2. The topological polar surface area (TPSA) is 80.5 Å². The molecule has 1 heterocycles. The first-order chi connectivity index (χ1) is 14.4. The second-order valence-corrected chi connectivity index (χ2v) is 8.65. The summed E-state index contributed by atoms with van der Waals surface area (Å²) in [6.45, 7) is 3.69. The van der Waals surface area contributed by atoms with Crippen LogP contribution in [0, 0.1) is 17.2 Å². The standard InChI is InChI=1S/C21H19ClF3N5S/c1-12(2)9-20(10-26,11-30-28-17-6-4-14(22)8-18(17)29-30)16-7-13(21(23,24)25)3-5-15(16)19(27)31/h3-8,12H,9,11H2,1-2H3,(H2,27,31). The lowest BCUT2D eigenvalue weighted by Crippen LogP contribution is -2.35. The minimum atomic E-state index is -4.59. The van der Waals surface area contributed by atoms with Crippen molar-refractivity contribution in [1.82, 2.24) is 15.0 Å². The van der Waals surface area contributed by atoms with Crippen LogP contribution >= 0.6 is 23.8 Å². The molecular formula is C21H19ClF3N5S. The molecule has 0 amide bonds. The van der Waals surface area contributed by atoms with Crippen LogP contribution in [0.5, 0.6) is 0 Å². The predicted molar refractivity (Wildman–Crippen MR) is 117 cm³/mol. The summed E-state index contributed by atoms with van der Waals surface area (Å²) in [4.78, 5) is 1.23. The summed E-state index contributed by atoms with van der Waals surface area (Å²) in [5.74, 6) is -0.0205. The molecule has 0 fully saturated rings. The quantitative estimate of drug-likeness (QED) is 0.503. The van der Waals surface area contributed by atoms with Crippen LogP contribution in [0.3, 0.4) is 0 Å². The van der Waals surface area contributed by atoms with Crippen LogP contribution in [0.2, 0.25) is 5.02 Å². The predicted octanol–water partition coefficient (Wildman–Crippen LogP) is 5.25. The van der Waals surface area contributed by atoms with Gasteiger partial charge in [-0.25, -0.2) is 0 Å². The van der Waals surface area contributed by atoms with Crippen LogP contribution < -0.4 is 5.73 Å². The van der Waals surface area contributed by atoms with Gasteiger partial charge in [-0.2, -0.15) is 33.4 Å². The monoisotopic (exact) mass is 465 g/mol. The van der Waals surface area contributed by atoms with Gasteiger partial charge in [0.2, 0.25) is 0 Å². The summed E-state index contributed by atoms with van der Waals surface area (Å²) < 4.78 is 40.4. The lowest BCUT2D eigenvalue weighted by Gasteiger charge is -2.31. The molecule has 10 heteroatoms. The smallest absolute Gasteiger partial charge is 0.389 e. The molecule has 0 aliphatic heterocycles. The Hall–Kier alpha value is -2.70. The van der Waals surface area contributed by atoms with E-state index in [0.717, 1.165) is 12.1 Å². The third-order valence-corrected chi connectivity index (χ3v) is 5.35. The zero-order valence-corrected chi connectivity index (χ0v) is 18.3. The molecule has 3 aromatic rings. The number of alkyl halides is 3. The average molecular weight is 466 g/mol. The Labute approximate surface area is 187 Å². The lowest BCUT2D eigenvalue weighted by molar-refractivity contribution is -0.137. The van der Waals surface area contributed by atoms with Crippen LogP contribution in [0.25, 0.3) is 11.0 Å². The Kier molecular flexibility index (Phi) is 6.25. The molecule has 2 N–H and O–H groups in total. The number of fused-ring (bicyclic) bond motifs is 1. The molecule has 0 spiro atoms. The average Bonchev–Trinajstić information content (AvgIpc) is 3.06. The number of aromatic nitrogens is 3. The van der Waals surface area contributed by atoms with Gasteiger partial charge in [-0.1, -0.05) is 43.7 Å². The molecule has 5 nitrogen and oxygen atoms in total. The van der Waals surface area contributed by atoms with E-state index in [1.54, 1.807) is 18.2 Å². The molecule has 2 aromatic carbocycles. The SMILES string of the molecule is CC(C)CC(C#N)(Cn1nc2ccc(Cl)cc2n1)c1cc(C(F)(F)F)ccc1C(N)=S. The summed E-state index contributed by atoms with van der Waals surface area (Å²) in [5, 5.41) is 19.5. The fourth-order valence-corrected chi connectivity index (χ4v) is 4.02. The van der Waals surface area contributed by atoms with E-state index >= 15 is 0 Å². The van der Waals surface area contributed by atoms with Crippen molar-refractivity contribution in [2.45, 2.75) is 38.4 Å². The summed E-state index contributed by atoms with van der Waals surface area (Å²) in [6.07, 6.45) is -4.34. The molecule has 3 rings (SSSR count). The van der Waals surface area contributed by atoms with E-state index in [-0.39, 0.29) is 35.0 Å². The number of hydrogen-bond acceptors (Lipinski definition) is 4. The maximum Gasteiger partial charge on any atom is 0.416 e. The van der Waals surface area contributed by atoms with Crippen molar-refractivity contribution in [3.05, 3.63) is 58.1 Å². The normalized spacial score (nSPS) is 13.9. The number of rotatable bonds is 6. The lowest BCUT2D eigenvalue weighted by atomic mass is 9.73. The molecule has 1 aromatic heterocycles. The van der Waals surface area contributed by atoms with E-state index < -0.39 is 17.2 Å². The fraction of sp³-hybridized carbons (Fsp3) is 0.333. The van der Waals surface area contributed by atoms with Gasteiger partial charge < -0.3 is 5.73 Å². The van der Waals surface area contributed by atoms with Crippen LogP contribution in [-0.2, 0) is 18.1 Å². The molecular weight excluding hydrogens is 447 g/mol. The van der Waals surface area contributed by atoms with Gasteiger partial charge in [-0.3, -0.25) is 0 Å². The Balaban J connectivity index is 2.22. The van der Waals surface area contributed by atoms with E-state index in [1.165, 1.54) is 10.9 Å². The Morgan fingerprint density at radius 3 is 2.45 bits per heavy atom. The van der Waals surface area contributed by atoms with Crippen molar-refractivity contribution >= 4 is 39.8 Å². The van der Waals surface area contributed by atoms with Gasteiger partial charge in [0, 0.05) is 10.6 Å².